The number of hydrogen-bond acceptors (Lipinski definition) is 15. The molecule has 0 unspecified atom stereocenters. The fraction of sp³-hybridized carbons (Fsp3) is 0.556. The van der Waals surface area contributed by atoms with Crippen molar-refractivity contribution in [2.24, 2.45) is 0 Å². The van der Waals surface area contributed by atoms with E-state index in [1.54, 1.807) is 0 Å². The second-order valence-corrected chi connectivity index (χ2v) is 16.1. The molecule has 0 spiro atoms. The van der Waals surface area contributed by atoms with Gasteiger partial charge in [0, 0.05) is 6.20 Å². The fourth-order valence-electron chi connectivity index (χ4n) is 1.73. The number of nitrogen functional groups attached to an aromatic ring is 1. The Kier molecular flexibility index (Phi) is 41.4. The van der Waals surface area contributed by atoms with E-state index in [0.29, 0.717) is 0 Å². The van der Waals surface area contributed by atoms with E-state index in [2.05, 4.69) is 4.98 Å². The van der Waals surface area contributed by atoms with Crippen LogP contribution in [0.25, 0.3) is 0 Å². The first-order valence-corrected chi connectivity index (χ1v) is 23.8. The molecule has 31 N–H and O–H groups in total. The number of aliphatic hydroxyl groups excluding tert-OH is 3. The van der Waals surface area contributed by atoms with Gasteiger partial charge in [-0.2, -0.15) is 4.98 Å². The van der Waals surface area contributed by atoms with E-state index >= 15 is 0 Å². The number of anilines is 1. The van der Waals surface area contributed by atoms with E-state index < -0.39 is 99.4 Å². The predicted molar refractivity (Wildman–Crippen MR) is 174 cm³/mol. The van der Waals surface area contributed by atoms with Gasteiger partial charge in [0.05, 0.1) is 6.61 Å². The molecule has 4 atom stereocenters. The Labute approximate surface area is 317 Å². The Hall–Kier alpha value is -0.640. The minimum absolute atomic E-state index is 0. The molecule has 1 aromatic heterocycles. The van der Waals surface area contributed by atoms with Crippen LogP contribution >= 0.6 is 62.6 Å². The lowest BCUT2D eigenvalue weighted by Gasteiger charge is -2.16. The minimum Gasteiger partial charge on any atom is -0.412 e. The number of ether oxygens (including phenoxy) is 1. The number of aliphatic hydroxyl groups is 3. The zero-order chi connectivity index (χ0) is 48.6. The molecule has 0 aliphatic carbocycles. The lowest BCUT2D eigenvalue weighted by molar-refractivity contribution is -0.0549. The van der Waals surface area contributed by atoms with E-state index in [9.17, 15) is 15.0 Å². The first kappa shape index (κ1) is 74.8. The molecule has 0 saturated carbocycles. The van der Waals surface area contributed by atoms with Crippen LogP contribution in [0.4, 0.5) is 5.82 Å². The summed E-state index contributed by atoms with van der Waals surface area (Å²) in [4.78, 5) is 187. The van der Waals surface area contributed by atoms with Crippen LogP contribution < -0.4 is 11.4 Å². The summed E-state index contributed by atoms with van der Waals surface area (Å²) in [5.74, 6) is 0.0537. The van der Waals surface area contributed by atoms with E-state index in [4.69, 9.17) is 170 Å². The van der Waals surface area contributed by atoms with Gasteiger partial charge in [0.25, 0.3) is 0 Å². The molecule has 41 nitrogen and oxygen atoms in total. The van der Waals surface area contributed by atoms with Gasteiger partial charge in [-0.25, -0.2) is 41.3 Å². The van der Waals surface area contributed by atoms with Crippen molar-refractivity contribution in [3.05, 3.63) is 22.7 Å². The summed E-state index contributed by atoms with van der Waals surface area (Å²) in [5, 5.41) is 28.2. The summed E-state index contributed by atoms with van der Waals surface area (Å²) in [7, 11) is -37.1. The normalized spacial score (nSPS) is 17.8. The second kappa shape index (κ2) is 32.1. The predicted octanol–water partition coefficient (Wildman–Crippen LogP) is -10.8. The number of hydrogen-bond donors (Lipinski definition) is 28. The number of rotatable bonds is 2. The zero-order valence-electron chi connectivity index (χ0n) is 26.9. The Morgan fingerprint density at radius 3 is 0.879 bits per heavy atom. The molecular formula is C9H39N3O38P8. The molecule has 1 saturated heterocycles. The molecule has 358 valence electrons. The molecule has 2 rings (SSSR count). The van der Waals surface area contributed by atoms with Crippen LogP contribution in [0.3, 0.4) is 0 Å². The SMILES string of the molecule is Nc1ccn([C@@H]2O[C@H](CO)[C@@H](O)[C@@H]2O)c(=O)n1.O.O=P(O)(O)O.O=P(O)(O)O.O=P(O)(O)O.O=P(O)(O)O.O=P(O)(O)O.O=P(O)(O)O.O=P(O)(O)O.O=P(O)(O)O. The lowest BCUT2D eigenvalue weighted by Crippen LogP contribution is -2.36. The van der Waals surface area contributed by atoms with Gasteiger partial charge >= 0.3 is 68.3 Å². The van der Waals surface area contributed by atoms with Gasteiger partial charge in [-0.05, 0) is 6.07 Å². The van der Waals surface area contributed by atoms with Crippen molar-refractivity contribution >= 4 is 68.4 Å². The molecule has 1 aliphatic rings. The van der Waals surface area contributed by atoms with Gasteiger partial charge < -0.3 is 149 Å². The van der Waals surface area contributed by atoms with E-state index in [-0.39, 0.29) is 11.3 Å². The number of nitrogens with two attached hydrogens (primary N) is 1. The van der Waals surface area contributed by atoms with Gasteiger partial charge in [-0.3, -0.25) is 4.57 Å². The largest absolute Gasteiger partial charge is 0.466 e. The van der Waals surface area contributed by atoms with Crippen molar-refractivity contribution in [2.75, 3.05) is 12.3 Å². The van der Waals surface area contributed by atoms with Gasteiger partial charge in [0.15, 0.2) is 6.23 Å². The third-order valence-corrected chi connectivity index (χ3v) is 2.64. The highest BCUT2D eigenvalue weighted by molar-refractivity contribution is 7.46. The topological polar surface area (TPSA) is 784 Å². The summed E-state index contributed by atoms with van der Waals surface area (Å²) < 4.78 is 77.2. The summed E-state index contributed by atoms with van der Waals surface area (Å²) in [5.41, 5.74) is 4.63. The number of phosphoric acid groups is 8. The quantitative estimate of drug-likeness (QED) is 0.122. The molecule has 0 amide bonds. The van der Waals surface area contributed by atoms with Crippen LogP contribution in [0.5, 0.6) is 0 Å². The Morgan fingerprint density at radius 2 is 0.724 bits per heavy atom. The molecule has 1 fully saturated rings. The Bertz CT molecular complexity index is 1360. The molecule has 0 bridgehead atoms. The minimum atomic E-state index is -4.64. The first-order chi connectivity index (χ1) is 24.0. The maximum Gasteiger partial charge on any atom is 0.466 e. The standard InChI is InChI=1S/C9H13N3O5.8H3O4P.H2O/c10-5-1-2-12(9(16)11-5)8-7(15)6(14)4(3-13)17-8;8*1-5(2,3)4;/h1-2,4,6-8,13-15H,3H2,(H2,10,11,16);8*(H3,1,2,3,4);1H2/t4-,6-,7+,8-;;;;;;;;;/m1........./s1. The van der Waals surface area contributed by atoms with E-state index in [0.717, 1.165) is 4.57 Å². The fourth-order valence-corrected chi connectivity index (χ4v) is 1.73. The third-order valence-electron chi connectivity index (χ3n) is 2.64. The Balaban J connectivity index is -0.0000000869. The monoisotopic (exact) mass is 1040 g/mol. The maximum absolute atomic E-state index is 11.5. The van der Waals surface area contributed by atoms with E-state index in [1.165, 1.54) is 12.3 Å². The van der Waals surface area contributed by atoms with Gasteiger partial charge in [-0.1, -0.05) is 0 Å². The van der Waals surface area contributed by atoms with Crippen LogP contribution in [0, 0.1) is 0 Å². The van der Waals surface area contributed by atoms with Gasteiger partial charge in [0.1, 0.15) is 24.1 Å². The smallest absolute Gasteiger partial charge is 0.412 e. The van der Waals surface area contributed by atoms with Gasteiger partial charge in [0.2, 0.25) is 0 Å². The summed E-state index contributed by atoms with van der Waals surface area (Å²) in [6.07, 6.45) is -3.27. The van der Waals surface area contributed by atoms with Gasteiger partial charge in [-0.15, -0.1) is 0 Å². The number of nitrogens with zero attached hydrogens (tertiary/aromatic N) is 2. The molecular weight excluding hydrogens is 1010 g/mol. The molecule has 0 aromatic carbocycles. The van der Waals surface area contributed by atoms with Crippen LogP contribution in [-0.2, 0) is 41.3 Å². The molecule has 1 aliphatic heterocycles. The molecule has 0 radical (unpaired) electrons. The summed E-state index contributed by atoms with van der Waals surface area (Å²) >= 11 is 0. The lowest BCUT2D eigenvalue weighted by atomic mass is 10.1. The number of aromatic nitrogens is 2. The average molecular weight is 1050 g/mol. The van der Waals surface area contributed by atoms with Crippen molar-refractivity contribution in [3.8, 4) is 0 Å². The highest BCUT2D eigenvalue weighted by Gasteiger charge is 2.43. The average Bonchev–Trinajstić information content (AvgIpc) is 3.04. The summed E-state index contributed by atoms with van der Waals surface area (Å²) in [6, 6.07) is 1.37. The highest BCUT2D eigenvalue weighted by Crippen LogP contribution is 2.30. The van der Waals surface area contributed by atoms with Crippen molar-refractivity contribution in [1.82, 2.24) is 9.55 Å². The van der Waals surface area contributed by atoms with Crippen LogP contribution in [-0.4, -0.2) is 173 Å². The Morgan fingerprint density at radius 1 is 0.517 bits per heavy atom. The summed E-state index contributed by atoms with van der Waals surface area (Å²) in [6.45, 7) is -0.453. The van der Waals surface area contributed by atoms with Crippen molar-refractivity contribution in [2.45, 2.75) is 24.5 Å². The maximum atomic E-state index is 11.5. The van der Waals surface area contributed by atoms with Crippen LogP contribution in [0.15, 0.2) is 17.1 Å². The third kappa shape index (κ3) is 139. The van der Waals surface area contributed by atoms with E-state index in [1.807, 2.05) is 0 Å². The van der Waals surface area contributed by atoms with Crippen molar-refractivity contribution in [1.29, 1.82) is 0 Å². The van der Waals surface area contributed by atoms with Crippen LogP contribution in [0.1, 0.15) is 6.23 Å². The first-order valence-electron chi connectivity index (χ1n) is 11.3. The molecule has 1 aromatic rings. The zero-order valence-corrected chi connectivity index (χ0v) is 34.0. The highest BCUT2D eigenvalue weighted by atomic mass is 31.2. The second-order valence-electron chi connectivity index (χ2n) is 7.88. The molecule has 58 heavy (non-hydrogen) atoms. The van der Waals surface area contributed by atoms with Crippen molar-refractivity contribution < 1.29 is 179 Å². The molecule has 49 heteroatoms. The molecule has 2 heterocycles. The van der Waals surface area contributed by atoms with Crippen molar-refractivity contribution in [3.63, 3.8) is 0 Å². The van der Waals surface area contributed by atoms with Crippen LogP contribution in [0.2, 0.25) is 0 Å².